The first kappa shape index (κ1) is 21.1. The largest absolute Gasteiger partial charge is 0.332 e. The molecule has 0 saturated carbocycles. The number of rotatable bonds is 2. The van der Waals surface area contributed by atoms with E-state index in [1.54, 1.807) is 34.5 Å². The van der Waals surface area contributed by atoms with Gasteiger partial charge in [-0.25, -0.2) is 14.7 Å². The molecule has 3 saturated heterocycles. The molecular formula is C23H25N7O3. The van der Waals surface area contributed by atoms with Crippen LogP contribution in [0, 0.1) is 18.3 Å². The summed E-state index contributed by atoms with van der Waals surface area (Å²) in [4.78, 5) is 48.5. The number of pyridine rings is 1. The van der Waals surface area contributed by atoms with Crippen LogP contribution in [0.5, 0.6) is 0 Å². The van der Waals surface area contributed by atoms with E-state index in [0.717, 1.165) is 10.6 Å². The number of nitriles is 1. The molecule has 0 aliphatic carbocycles. The van der Waals surface area contributed by atoms with Crippen molar-refractivity contribution in [3.63, 3.8) is 0 Å². The second-order valence-electron chi connectivity index (χ2n) is 9.98. The molecule has 5 heterocycles. The zero-order valence-electron chi connectivity index (χ0n) is 19.2. The van der Waals surface area contributed by atoms with Gasteiger partial charge in [0.2, 0.25) is 0 Å². The fraction of sp³-hybridized carbons (Fsp3) is 0.478. The van der Waals surface area contributed by atoms with Crippen LogP contribution < -0.4 is 4.90 Å². The molecule has 3 atom stereocenters. The number of piperazine rings is 1. The van der Waals surface area contributed by atoms with E-state index < -0.39 is 12.1 Å². The highest BCUT2D eigenvalue weighted by molar-refractivity contribution is 6.22. The van der Waals surface area contributed by atoms with Crippen molar-refractivity contribution in [3.8, 4) is 6.07 Å². The van der Waals surface area contributed by atoms with Crippen molar-refractivity contribution in [1.82, 2.24) is 24.6 Å². The smallest absolute Gasteiger partial charge is 0.330 e. The van der Waals surface area contributed by atoms with Crippen molar-refractivity contribution >= 4 is 23.5 Å². The quantitative estimate of drug-likeness (QED) is 0.648. The van der Waals surface area contributed by atoms with E-state index in [2.05, 4.69) is 10.1 Å². The molecule has 2 bridgehead atoms. The number of fused-ring (bicyclic) bond motifs is 5. The average Bonchev–Trinajstić information content (AvgIpc) is 3.49. The highest BCUT2D eigenvalue weighted by atomic mass is 16.2. The lowest BCUT2D eigenvalue weighted by atomic mass is 9.92. The second-order valence-corrected chi connectivity index (χ2v) is 9.98. The van der Waals surface area contributed by atoms with Crippen molar-refractivity contribution in [1.29, 1.82) is 5.26 Å². The second kappa shape index (κ2) is 6.88. The van der Waals surface area contributed by atoms with Crippen molar-refractivity contribution in [2.45, 2.75) is 57.7 Å². The third kappa shape index (κ3) is 2.95. The molecule has 0 N–H and O–H groups in total. The molecule has 2 unspecified atom stereocenters. The zero-order valence-corrected chi connectivity index (χ0v) is 19.2. The molecule has 10 heteroatoms. The number of amides is 4. The molecular weight excluding hydrogens is 422 g/mol. The maximum Gasteiger partial charge on any atom is 0.332 e. The fourth-order valence-corrected chi connectivity index (χ4v) is 5.11. The normalized spacial score (nSPS) is 24.0. The van der Waals surface area contributed by atoms with Gasteiger partial charge in [-0.2, -0.15) is 10.4 Å². The monoisotopic (exact) mass is 447 g/mol. The van der Waals surface area contributed by atoms with Crippen LogP contribution in [0.25, 0.3) is 0 Å². The Morgan fingerprint density at radius 2 is 1.97 bits per heavy atom. The molecule has 4 amide bonds. The van der Waals surface area contributed by atoms with Gasteiger partial charge in [0.25, 0.3) is 11.8 Å². The Hall–Kier alpha value is -3.74. The van der Waals surface area contributed by atoms with Crippen molar-refractivity contribution in [2.24, 2.45) is 7.05 Å². The molecule has 33 heavy (non-hydrogen) atoms. The molecule has 3 aliphatic rings. The molecule has 3 fully saturated rings. The summed E-state index contributed by atoms with van der Waals surface area (Å²) in [5.41, 5.74) is 2.28. The summed E-state index contributed by atoms with van der Waals surface area (Å²) < 4.78 is 1.59. The van der Waals surface area contributed by atoms with Crippen LogP contribution in [0.4, 0.5) is 10.5 Å². The van der Waals surface area contributed by atoms with Gasteiger partial charge >= 0.3 is 6.03 Å². The van der Waals surface area contributed by atoms with E-state index in [1.165, 1.54) is 6.20 Å². The summed E-state index contributed by atoms with van der Waals surface area (Å²) in [6, 6.07) is 3.71. The first-order valence-electron chi connectivity index (χ1n) is 10.9. The number of aromatic nitrogens is 3. The van der Waals surface area contributed by atoms with Crippen LogP contribution in [0.2, 0.25) is 0 Å². The summed E-state index contributed by atoms with van der Waals surface area (Å²) in [6.07, 6.45) is 1.95. The topological polar surface area (TPSA) is 115 Å². The van der Waals surface area contributed by atoms with Gasteiger partial charge in [0.05, 0.1) is 29.7 Å². The maximum atomic E-state index is 13.4. The van der Waals surface area contributed by atoms with Crippen molar-refractivity contribution in [3.05, 3.63) is 41.0 Å². The highest BCUT2D eigenvalue weighted by Gasteiger charge is 2.63. The minimum atomic E-state index is -0.716. The number of hydrogen-bond donors (Lipinski definition) is 0. The van der Waals surface area contributed by atoms with Crippen molar-refractivity contribution in [2.75, 3.05) is 11.4 Å². The van der Waals surface area contributed by atoms with Crippen LogP contribution in [0.1, 0.15) is 54.6 Å². The van der Waals surface area contributed by atoms with Gasteiger partial charge in [-0.1, -0.05) is 20.8 Å². The van der Waals surface area contributed by atoms with E-state index in [4.69, 9.17) is 5.26 Å². The number of likely N-dealkylation sites (tertiary alicyclic amines) is 1. The minimum absolute atomic E-state index is 0.178. The SMILES string of the molecule is Cc1cc(N2C(=O)C3C4C[C@H](CN4C(=O)c4cc(C(C)(C)C)nn4C)N3C2=O)cnc1C#N. The van der Waals surface area contributed by atoms with Gasteiger partial charge in [0.1, 0.15) is 23.5 Å². The van der Waals surface area contributed by atoms with E-state index in [0.29, 0.717) is 29.9 Å². The van der Waals surface area contributed by atoms with Gasteiger partial charge in [-0.05, 0) is 31.0 Å². The predicted octanol–water partition coefficient (Wildman–Crippen LogP) is 1.73. The average molecular weight is 447 g/mol. The summed E-state index contributed by atoms with van der Waals surface area (Å²) in [7, 11) is 1.75. The number of carbonyl (C=O) groups excluding carboxylic acids is 3. The zero-order chi connectivity index (χ0) is 23.8. The van der Waals surface area contributed by atoms with Crippen LogP contribution in [0.15, 0.2) is 18.3 Å². The summed E-state index contributed by atoms with van der Waals surface area (Å²) in [5.74, 6) is -0.543. The summed E-state index contributed by atoms with van der Waals surface area (Å²) in [6.45, 7) is 8.21. The molecule has 10 nitrogen and oxygen atoms in total. The van der Waals surface area contributed by atoms with Crippen LogP contribution in [-0.2, 0) is 17.3 Å². The molecule has 170 valence electrons. The van der Waals surface area contributed by atoms with E-state index in [-0.39, 0.29) is 35.0 Å². The molecule has 3 aliphatic heterocycles. The Morgan fingerprint density at radius 3 is 2.58 bits per heavy atom. The molecule has 0 aromatic carbocycles. The molecule has 0 spiro atoms. The Kier molecular flexibility index (Phi) is 4.40. The van der Waals surface area contributed by atoms with Crippen LogP contribution in [-0.4, -0.2) is 67.1 Å². The minimum Gasteiger partial charge on any atom is -0.330 e. The Bertz CT molecular complexity index is 1250. The standard InChI is InChI=1S/C23H25N7O3/c1-12-6-13(10-25-15(12)9-24)30-21(32)19-16-7-14(29(19)22(30)33)11-28(16)20(31)17-8-18(23(2,3)4)26-27(17)5/h6,8,10,14,16,19H,7,11H2,1-5H3/t14-,16?,19?/m1/s1. The van der Waals surface area contributed by atoms with Gasteiger partial charge < -0.3 is 9.80 Å². The van der Waals surface area contributed by atoms with Gasteiger partial charge in [0.15, 0.2) is 0 Å². The highest BCUT2D eigenvalue weighted by Crippen LogP contribution is 2.43. The Balaban J connectivity index is 1.43. The third-order valence-corrected chi connectivity index (χ3v) is 6.82. The maximum absolute atomic E-state index is 13.4. The van der Waals surface area contributed by atoms with Crippen molar-refractivity contribution < 1.29 is 14.4 Å². The fourth-order valence-electron chi connectivity index (χ4n) is 5.11. The molecule has 5 rings (SSSR count). The number of imide groups is 1. The van der Waals surface area contributed by atoms with Crippen LogP contribution >= 0.6 is 0 Å². The number of carbonyl (C=O) groups is 3. The molecule has 2 aromatic heterocycles. The number of nitrogens with zero attached hydrogens (tertiary/aromatic N) is 7. The lowest BCUT2D eigenvalue weighted by Gasteiger charge is -2.34. The van der Waals surface area contributed by atoms with Gasteiger partial charge in [0, 0.05) is 19.0 Å². The summed E-state index contributed by atoms with van der Waals surface area (Å²) >= 11 is 0. The predicted molar refractivity (Wildman–Crippen MR) is 117 cm³/mol. The third-order valence-electron chi connectivity index (χ3n) is 6.82. The first-order chi connectivity index (χ1) is 15.5. The van der Waals surface area contributed by atoms with Gasteiger partial charge in [-0.3, -0.25) is 14.3 Å². The number of urea groups is 1. The molecule has 2 aromatic rings. The number of anilines is 1. The van der Waals surface area contributed by atoms with Gasteiger partial charge in [-0.15, -0.1) is 0 Å². The lowest BCUT2D eigenvalue weighted by molar-refractivity contribution is -0.121. The number of hydrogen-bond acceptors (Lipinski definition) is 6. The number of aryl methyl sites for hydroxylation is 2. The molecule has 0 radical (unpaired) electrons. The lowest BCUT2D eigenvalue weighted by Crippen LogP contribution is -2.55. The van der Waals surface area contributed by atoms with E-state index >= 15 is 0 Å². The Labute approximate surface area is 191 Å². The Morgan fingerprint density at radius 1 is 1.24 bits per heavy atom. The summed E-state index contributed by atoms with van der Waals surface area (Å²) in [5, 5.41) is 13.6. The van der Waals surface area contributed by atoms with Crippen LogP contribution in [0.3, 0.4) is 0 Å². The van der Waals surface area contributed by atoms with E-state index in [9.17, 15) is 14.4 Å². The first-order valence-corrected chi connectivity index (χ1v) is 10.9. The van der Waals surface area contributed by atoms with E-state index in [1.807, 2.05) is 32.9 Å².